The molecule has 2 heterocycles. The van der Waals surface area contributed by atoms with Crippen molar-refractivity contribution in [3.8, 4) is 11.3 Å². The number of hydrogen-bond donors (Lipinski definition) is 1. The summed E-state index contributed by atoms with van der Waals surface area (Å²) in [5.41, 5.74) is 7.72. The minimum absolute atomic E-state index is 0.0991. The minimum Gasteiger partial charge on any atom is -0.383 e. The van der Waals surface area contributed by atoms with Crippen LogP contribution in [0.15, 0.2) is 30.5 Å². The highest BCUT2D eigenvalue weighted by atomic mass is 19.2. The zero-order valence-corrected chi connectivity index (χ0v) is 10.5. The molecule has 3 nitrogen and oxygen atoms in total. The highest BCUT2D eigenvalue weighted by Crippen LogP contribution is 2.29. The summed E-state index contributed by atoms with van der Waals surface area (Å²) in [6.45, 7) is 1.84. The van der Waals surface area contributed by atoms with Gasteiger partial charge in [-0.2, -0.15) is 0 Å². The molecule has 0 aliphatic heterocycles. The van der Waals surface area contributed by atoms with Crippen molar-refractivity contribution in [2.75, 3.05) is 5.73 Å². The van der Waals surface area contributed by atoms with Crippen molar-refractivity contribution in [3.05, 3.63) is 53.5 Å². The molecule has 20 heavy (non-hydrogen) atoms. The van der Waals surface area contributed by atoms with Crippen molar-refractivity contribution in [2.45, 2.75) is 6.92 Å². The van der Waals surface area contributed by atoms with Crippen LogP contribution < -0.4 is 5.73 Å². The molecule has 6 heteroatoms. The van der Waals surface area contributed by atoms with Crippen LogP contribution in [0.4, 0.5) is 19.0 Å². The van der Waals surface area contributed by atoms with E-state index in [2.05, 4.69) is 4.98 Å². The van der Waals surface area contributed by atoms with Crippen molar-refractivity contribution in [1.82, 2.24) is 9.38 Å². The van der Waals surface area contributed by atoms with Gasteiger partial charge in [-0.05, 0) is 30.7 Å². The Balaban J connectivity index is 2.30. The molecule has 0 saturated carbocycles. The third-order valence-electron chi connectivity index (χ3n) is 3.14. The van der Waals surface area contributed by atoms with E-state index in [4.69, 9.17) is 5.73 Å². The monoisotopic (exact) mass is 277 g/mol. The van der Waals surface area contributed by atoms with Crippen molar-refractivity contribution >= 4 is 11.5 Å². The van der Waals surface area contributed by atoms with Gasteiger partial charge in [0.25, 0.3) is 0 Å². The molecule has 0 saturated heterocycles. The fraction of sp³-hybridized carbons (Fsp3) is 0.0714. The van der Waals surface area contributed by atoms with Gasteiger partial charge in [-0.3, -0.25) is 4.40 Å². The maximum atomic E-state index is 13.3. The van der Waals surface area contributed by atoms with E-state index >= 15 is 0 Å². The fourth-order valence-electron chi connectivity index (χ4n) is 2.13. The third-order valence-corrected chi connectivity index (χ3v) is 3.14. The van der Waals surface area contributed by atoms with Gasteiger partial charge in [0.2, 0.25) is 0 Å². The van der Waals surface area contributed by atoms with Crippen LogP contribution >= 0.6 is 0 Å². The Morgan fingerprint density at radius 3 is 2.40 bits per heavy atom. The number of nitrogens with zero attached hydrogens (tertiary/aromatic N) is 2. The zero-order chi connectivity index (χ0) is 14.4. The summed E-state index contributed by atoms with van der Waals surface area (Å²) < 4.78 is 41.2. The van der Waals surface area contributed by atoms with E-state index < -0.39 is 17.5 Å². The van der Waals surface area contributed by atoms with Crippen LogP contribution in [0.2, 0.25) is 0 Å². The first-order chi connectivity index (χ1) is 9.49. The van der Waals surface area contributed by atoms with Gasteiger partial charge in [0, 0.05) is 11.8 Å². The number of imidazole rings is 1. The van der Waals surface area contributed by atoms with Crippen molar-refractivity contribution in [3.63, 3.8) is 0 Å². The number of aryl methyl sites for hydroxylation is 1. The average molecular weight is 277 g/mol. The van der Waals surface area contributed by atoms with E-state index in [1.165, 1.54) is 0 Å². The smallest absolute Gasteiger partial charge is 0.194 e. The standard InChI is InChI=1S/C14H10F3N3/c1-7-3-2-4-20-13(18)12(19-14(7)20)8-5-9(15)11(17)10(16)6-8/h2-6H,18H2,1H3. The second-order valence-corrected chi connectivity index (χ2v) is 4.48. The lowest BCUT2D eigenvalue weighted by molar-refractivity contribution is 0.447. The summed E-state index contributed by atoms with van der Waals surface area (Å²) >= 11 is 0. The molecule has 0 radical (unpaired) electrons. The van der Waals surface area contributed by atoms with Crippen LogP contribution in [0.1, 0.15) is 5.56 Å². The second-order valence-electron chi connectivity index (χ2n) is 4.48. The summed E-state index contributed by atoms with van der Waals surface area (Å²) in [5, 5.41) is 0. The molecule has 0 unspecified atom stereocenters. The number of anilines is 1. The number of benzene rings is 1. The van der Waals surface area contributed by atoms with Gasteiger partial charge < -0.3 is 5.73 Å². The van der Waals surface area contributed by atoms with Gasteiger partial charge in [-0.25, -0.2) is 18.2 Å². The zero-order valence-electron chi connectivity index (χ0n) is 10.5. The molecule has 1 aromatic carbocycles. The fourth-order valence-corrected chi connectivity index (χ4v) is 2.13. The van der Waals surface area contributed by atoms with Gasteiger partial charge in [-0.15, -0.1) is 0 Å². The molecule has 0 amide bonds. The Morgan fingerprint density at radius 2 is 1.80 bits per heavy atom. The highest BCUT2D eigenvalue weighted by Gasteiger charge is 2.17. The predicted octanol–water partition coefficient (Wildman–Crippen LogP) is 3.31. The lowest BCUT2D eigenvalue weighted by atomic mass is 10.1. The summed E-state index contributed by atoms with van der Waals surface area (Å²) in [6, 6.07) is 5.39. The van der Waals surface area contributed by atoms with Crippen molar-refractivity contribution in [1.29, 1.82) is 0 Å². The van der Waals surface area contributed by atoms with Crippen LogP contribution in [0, 0.1) is 24.4 Å². The highest BCUT2D eigenvalue weighted by molar-refractivity contribution is 5.75. The van der Waals surface area contributed by atoms with Crippen LogP contribution in [0.25, 0.3) is 16.9 Å². The van der Waals surface area contributed by atoms with E-state index in [9.17, 15) is 13.2 Å². The molecular formula is C14H10F3N3. The molecule has 0 aliphatic carbocycles. The van der Waals surface area contributed by atoms with Gasteiger partial charge in [-0.1, -0.05) is 6.07 Å². The summed E-state index contributed by atoms with van der Waals surface area (Å²) in [6.07, 6.45) is 1.70. The van der Waals surface area contributed by atoms with Crippen LogP contribution in [-0.4, -0.2) is 9.38 Å². The molecule has 0 atom stereocenters. The Bertz CT molecular complexity index is 801. The largest absolute Gasteiger partial charge is 0.383 e. The lowest BCUT2D eigenvalue weighted by Crippen LogP contribution is -1.96. The van der Waals surface area contributed by atoms with E-state index in [0.717, 1.165) is 17.7 Å². The predicted molar refractivity (Wildman–Crippen MR) is 69.7 cm³/mol. The van der Waals surface area contributed by atoms with Gasteiger partial charge in [0.05, 0.1) is 0 Å². The first-order valence-electron chi connectivity index (χ1n) is 5.87. The average Bonchev–Trinajstić information content (AvgIpc) is 2.75. The number of nitrogen functional groups attached to an aromatic ring is 1. The minimum atomic E-state index is -1.51. The van der Waals surface area contributed by atoms with Gasteiger partial charge >= 0.3 is 0 Å². The molecule has 3 aromatic rings. The van der Waals surface area contributed by atoms with Crippen molar-refractivity contribution in [2.24, 2.45) is 0 Å². The van der Waals surface area contributed by atoms with Crippen LogP contribution in [0.5, 0.6) is 0 Å². The number of nitrogens with two attached hydrogens (primary N) is 1. The molecule has 3 rings (SSSR count). The van der Waals surface area contributed by atoms with Crippen LogP contribution in [0.3, 0.4) is 0 Å². The third kappa shape index (κ3) is 1.72. The number of aromatic nitrogens is 2. The SMILES string of the molecule is Cc1cccn2c(N)c(-c3cc(F)c(F)c(F)c3)nc12. The molecule has 0 fully saturated rings. The van der Waals surface area contributed by atoms with Crippen molar-refractivity contribution < 1.29 is 13.2 Å². The van der Waals surface area contributed by atoms with Gasteiger partial charge in [0.1, 0.15) is 17.2 Å². The maximum Gasteiger partial charge on any atom is 0.194 e. The van der Waals surface area contributed by atoms with E-state index in [1.54, 1.807) is 16.7 Å². The molecule has 0 spiro atoms. The van der Waals surface area contributed by atoms with E-state index in [-0.39, 0.29) is 17.1 Å². The maximum absolute atomic E-state index is 13.3. The Labute approximate surface area is 112 Å². The number of fused-ring (bicyclic) bond motifs is 1. The molecule has 102 valence electrons. The Morgan fingerprint density at radius 1 is 1.15 bits per heavy atom. The van der Waals surface area contributed by atoms with Gasteiger partial charge in [0.15, 0.2) is 17.5 Å². The number of hydrogen-bond acceptors (Lipinski definition) is 2. The first kappa shape index (κ1) is 12.5. The quantitative estimate of drug-likeness (QED) is 0.693. The molecule has 2 aromatic heterocycles. The number of halogens is 3. The number of pyridine rings is 1. The molecule has 2 N–H and O–H groups in total. The first-order valence-corrected chi connectivity index (χ1v) is 5.87. The molecule has 0 aliphatic rings. The molecule has 0 bridgehead atoms. The van der Waals surface area contributed by atoms with E-state index in [1.807, 2.05) is 13.0 Å². The Hall–Kier alpha value is -2.50. The number of rotatable bonds is 1. The lowest BCUT2D eigenvalue weighted by Gasteiger charge is -2.02. The topological polar surface area (TPSA) is 43.3 Å². The molecular weight excluding hydrogens is 267 g/mol. The second kappa shape index (κ2) is 4.26. The summed E-state index contributed by atoms with van der Waals surface area (Å²) in [5.74, 6) is -3.80. The van der Waals surface area contributed by atoms with E-state index in [0.29, 0.717) is 5.65 Å². The summed E-state index contributed by atoms with van der Waals surface area (Å²) in [7, 11) is 0. The van der Waals surface area contributed by atoms with Crippen LogP contribution in [-0.2, 0) is 0 Å². The normalized spacial score (nSPS) is 11.2. The Kier molecular flexibility index (Phi) is 2.67. The summed E-state index contributed by atoms with van der Waals surface area (Å²) in [4.78, 5) is 4.28.